The summed E-state index contributed by atoms with van der Waals surface area (Å²) < 4.78 is 0. The van der Waals surface area contributed by atoms with Crippen molar-refractivity contribution in [3.05, 3.63) is 42.1 Å². The van der Waals surface area contributed by atoms with Crippen molar-refractivity contribution in [3.63, 3.8) is 0 Å². The zero-order valence-corrected chi connectivity index (χ0v) is 10.8. The number of aromatic amines is 1. The predicted molar refractivity (Wildman–Crippen MR) is 77.8 cm³/mol. The van der Waals surface area contributed by atoms with Gasteiger partial charge in [0.1, 0.15) is 0 Å². The van der Waals surface area contributed by atoms with Gasteiger partial charge in [-0.2, -0.15) is 0 Å². The van der Waals surface area contributed by atoms with E-state index in [0.29, 0.717) is 0 Å². The van der Waals surface area contributed by atoms with Crippen LogP contribution in [-0.4, -0.2) is 29.5 Å². The minimum absolute atomic E-state index is 1.12. The quantitative estimate of drug-likeness (QED) is 0.867. The number of hydrogen-bond acceptors (Lipinski definition) is 1. The third kappa shape index (κ3) is 2.34. The lowest BCUT2D eigenvalue weighted by Gasteiger charge is -2.13. The molecule has 0 aliphatic carbocycles. The van der Waals surface area contributed by atoms with Crippen molar-refractivity contribution in [2.45, 2.75) is 19.3 Å². The van der Waals surface area contributed by atoms with E-state index in [1.807, 2.05) is 6.08 Å². The van der Waals surface area contributed by atoms with Crippen LogP contribution in [0.1, 0.15) is 24.1 Å². The normalized spacial score (nSPS) is 16.4. The summed E-state index contributed by atoms with van der Waals surface area (Å²) >= 11 is 0. The monoisotopic (exact) mass is 240 g/mol. The number of rotatable bonds is 4. The summed E-state index contributed by atoms with van der Waals surface area (Å²) in [6.45, 7) is 7.56. The lowest BCUT2D eigenvalue weighted by molar-refractivity contribution is 0.342. The Morgan fingerprint density at radius 1 is 1.22 bits per heavy atom. The number of nitrogens with zero attached hydrogens (tertiary/aromatic N) is 1. The topological polar surface area (TPSA) is 19.0 Å². The summed E-state index contributed by atoms with van der Waals surface area (Å²) in [5.74, 6) is 0. The minimum atomic E-state index is 1.12. The van der Waals surface area contributed by atoms with Crippen molar-refractivity contribution >= 4 is 17.0 Å². The molecule has 1 saturated heterocycles. The van der Waals surface area contributed by atoms with Crippen LogP contribution in [0.5, 0.6) is 0 Å². The fraction of sp³-hybridized carbons (Fsp3) is 0.375. The Kier molecular flexibility index (Phi) is 3.20. The van der Waals surface area contributed by atoms with E-state index in [1.165, 1.54) is 54.6 Å². The number of H-pyrrole nitrogens is 1. The zero-order valence-electron chi connectivity index (χ0n) is 10.8. The van der Waals surface area contributed by atoms with E-state index in [1.54, 1.807) is 0 Å². The number of nitrogens with one attached hydrogen (secondary N) is 1. The fourth-order valence-corrected chi connectivity index (χ4v) is 2.76. The van der Waals surface area contributed by atoms with Crippen LogP contribution >= 0.6 is 0 Å². The third-order valence-electron chi connectivity index (χ3n) is 3.83. The SMILES string of the molecule is C=Cc1ccc2[nH]c(CCN3CCCC3)cc2c1. The Morgan fingerprint density at radius 3 is 2.83 bits per heavy atom. The van der Waals surface area contributed by atoms with E-state index in [-0.39, 0.29) is 0 Å². The Balaban J connectivity index is 1.73. The molecule has 0 unspecified atom stereocenters. The van der Waals surface area contributed by atoms with Crippen molar-refractivity contribution < 1.29 is 0 Å². The maximum atomic E-state index is 3.82. The van der Waals surface area contributed by atoms with Crippen molar-refractivity contribution in [2.75, 3.05) is 19.6 Å². The molecule has 1 aliphatic rings. The first kappa shape index (κ1) is 11.5. The average Bonchev–Trinajstić information content (AvgIpc) is 3.04. The molecule has 0 atom stereocenters. The molecular weight excluding hydrogens is 220 g/mol. The first-order valence-electron chi connectivity index (χ1n) is 6.81. The molecule has 94 valence electrons. The summed E-state index contributed by atoms with van der Waals surface area (Å²) in [5.41, 5.74) is 3.77. The van der Waals surface area contributed by atoms with E-state index < -0.39 is 0 Å². The lowest BCUT2D eigenvalue weighted by Crippen LogP contribution is -2.21. The molecule has 0 radical (unpaired) electrons. The molecule has 2 heteroatoms. The van der Waals surface area contributed by atoms with E-state index in [9.17, 15) is 0 Å². The van der Waals surface area contributed by atoms with Crippen LogP contribution in [-0.2, 0) is 6.42 Å². The first-order chi connectivity index (χ1) is 8.85. The maximum absolute atomic E-state index is 3.82. The maximum Gasteiger partial charge on any atom is 0.0456 e. The molecule has 1 fully saturated rings. The number of aromatic nitrogens is 1. The summed E-state index contributed by atoms with van der Waals surface area (Å²) in [5, 5.41) is 1.30. The van der Waals surface area contributed by atoms with Crippen LogP contribution in [0.4, 0.5) is 0 Å². The van der Waals surface area contributed by atoms with Gasteiger partial charge in [0.05, 0.1) is 0 Å². The number of benzene rings is 1. The molecule has 0 amide bonds. The third-order valence-corrected chi connectivity index (χ3v) is 3.83. The number of likely N-dealkylation sites (tertiary alicyclic amines) is 1. The largest absolute Gasteiger partial charge is 0.358 e. The van der Waals surface area contributed by atoms with Crippen molar-refractivity contribution in [1.82, 2.24) is 9.88 Å². The summed E-state index contributed by atoms with van der Waals surface area (Å²) in [6.07, 6.45) is 5.76. The highest BCUT2D eigenvalue weighted by molar-refractivity contribution is 5.82. The molecule has 0 spiro atoms. The Labute approximate surface area is 108 Å². The molecule has 0 bridgehead atoms. The Hall–Kier alpha value is -1.54. The van der Waals surface area contributed by atoms with Crippen molar-refractivity contribution in [1.29, 1.82) is 0 Å². The Morgan fingerprint density at radius 2 is 2.06 bits per heavy atom. The van der Waals surface area contributed by atoms with E-state index >= 15 is 0 Å². The minimum Gasteiger partial charge on any atom is -0.358 e. The molecule has 18 heavy (non-hydrogen) atoms. The lowest BCUT2D eigenvalue weighted by atomic mass is 10.1. The van der Waals surface area contributed by atoms with Crippen LogP contribution in [0, 0.1) is 0 Å². The highest BCUT2D eigenvalue weighted by Gasteiger charge is 2.11. The van der Waals surface area contributed by atoms with Crippen LogP contribution in [0.15, 0.2) is 30.8 Å². The Bertz CT molecular complexity index is 547. The van der Waals surface area contributed by atoms with Gasteiger partial charge in [0, 0.05) is 29.6 Å². The molecule has 2 nitrogen and oxygen atoms in total. The molecule has 1 N–H and O–H groups in total. The van der Waals surface area contributed by atoms with Gasteiger partial charge in [-0.25, -0.2) is 0 Å². The zero-order chi connectivity index (χ0) is 12.4. The highest BCUT2D eigenvalue weighted by Crippen LogP contribution is 2.19. The van der Waals surface area contributed by atoms with Gasteiger partial charge in [-0.15, -0.1) is 0 Å². The predicted octanol–water partition coefficient (Wildman–Crippen LogP) is 3.45. The van der Waals surface area contributed by atoms with Gasteiger partial charge in [-0.3, -0.25) is 0 Å². The number of fused-ring (bicyclic) bond motifs is 1. The van der Waals surface area contributed by atoms with Gasteiger partial charge >= 0.3 is 0 Å². The van der Waals surface area contributed by atoms with Gasteiger partial charge in [0.15, 0.2) is 0 Å². The second-order valence-electron chi connectivity index (χ2n) is 5.14. The molecule has 2 aromatic rings. The molecule has 3 rings (SSSR count). The molecule has 1 aliphatic heterocycles. The highest BCUT2D eigenvalue weighted by atomic mass is 15.1. The number of hydrogen-bond donors (Lipinski definition) is 1. The van der Waals surface area contributed by atoms with Gasteiger partial charge in [0.2, 0.25) is 0 Å². The first-order valence-corrected chi connectivity index (χ1v) is 6.81. The van der Waals surface area contributed by atoms with Gasteiger partial charge in [-0.05, 0) is 49.7 Å². The van der Waals surface area contributed by atoms with E-state index in [0.717, 1.165) is 6.42 Å². The standard InChI is InChI=1S/C16H20N2/c1-2-13-5-6-16-14(11-13)12-15(17-16)7-10-18-8-3-4-9-18/h2,5-6,11-12,17H,1,3-4,7-10H2. The molecule has 1 aromatic carbocycles. The second-order valence-corrected chi connectivity index (χ2v) is 5.14. The van der Waals surface area contributed by atoms with Crippen LogP contribution < -0.4 is 0 Å². The van der Waals surface area contributed by atoms with Crippen molar-refractivity contribution in [2.24, 2.45) is 0 Å². The van der Waals surface area contributed by atoms with Crippen LogP contribution in [0.3, 0.4) is 0 Å². The van der Waals surface area contributed by atoms with E-state index in [2.05, 4.69) is 40.7 Å². The van der Waals surface area contributed by atoms with Crippen molar-refractivity contribution in [3.8, 4) is 0 Å². The van der Waals surface area contributed by atoms with Crippen LogP contribution in [0.25, 0.3) is 17.0 Å². The molecule has 0 saturated carbocycles. The molecule has 2 heterocycles. The second kappa shape index (κ2) is 4.99. The van der Waals surface area contributed by atoms with Gasteiger partial charge < -0.3 is 9.88 Å². The smallest absolute Gasteiger partial charge is 0.0456 e. The van der Waals surface area contributed by atoms with Gasteiger partial charge in [-0.1, -0.05) is 18.7 Å². The van der Waals surface area contributed by atoms with Crippen LogP contribution in [0.2, 0.25) is 0 Å². The molecular formula is C16H20N2. The fourth-order valence-electron chi connectivity index (χ4n) is 2.76. The average molecular weight is 240 g/mol. The van der Waals surface area contributed by atoms with Gasteiger partial charge in [0.25, 0.3) is 0 Å². The molecule has 1 aromatic heterocycles. The summed E-state index contributed by atoms with van der Waals surface area (Å²) in [4.78, 5) is 6.07. The summed E-state index contributed by atoms with van der Waals surface area (Å²) in [7, 11) is 0. The summed E-state index contributed by atoms with van der Waals surface area (Å²) in [6, 6.07) is 8.72. The van der Waals surface area contributed by atoms with E-state index in [4.69, 9.17) is 0 Å².